The second-order valence-electron chi connectivity index (χ2n) is 8.49. The zero-order chi connectivity index (χ0) is 27.8. The number of aliphatic carboxylic acids is 2. The maximum atomic E-state index is 12.2. The molecule has 0 saturated heterocycles. The largest absolute Gasteiger partial charge is 0.481 e. The fraction of sp³-hybridized carbons (Fsp3) is 0.773. The predicted molar refractivity (Wildman–Crippen MR) is 123 cm³/mol. The number of carboxylic acid groups (broad SMARTS) is 2. The summed E-state index contributed by atoms with van der Waals surface area (Å²) in [5.41, 5.74) is -3.11. The number of carbonyl (C=O) groups excluding carboxylic acids is 3. The molecule has 2 unspecified atom stereocenters. The summed E-state index contributed by atoms with van der Waals surface area (Å²) in [6, 6.07) is 0. The van der Waals surface area contributed by atoms with Crippen LogP contribution in [-0.2, 0) is 43.6 Å². The van der Waals surface area contributed by atoms with E-state index in [9.17, 15) is 37.5 Å². The molecule has 208 valence electrons. The molecule has 0 aliphatic heterocycles. The number of rotatable bonds is 20. The molecule has 0 aliphatic carbocycles. The van der Waals surface area contributed by atoms with E-state index < -0.39 is 70.1 Å². The number of carboxylic acids is 2. The average Bonchev–Trinajstić information content (AvgIpc) is 2.74. The molecule has 0 fully saturated rings. The predicted octanol–water partition coefficient (Wildman–Crippen LogP) is 1.85. The number of carbonyl (C=O) groups is 5. The molecule has 0 amide bonds. The van der Waals surface area contributed by atoms with Crippen molar-refractivity contribution in [3.8, 4) is 0 Å². The van der Waals surface area contributed by atoms with Crippen LogP contribution in [0, 0.1) is 0 Å². The Morgan fingerprint density at radius 2 is 1.31 bits per heavy atom. The van der Waals surface area contributed by atoms with Gasteiger partial charge in [0.1, 0.15) is 0 Å². The Bertz CT molecular complexity index is 852. The molecule has 0 aromatic heterocycles. The number of hydrogen-bond donors (Lipinski definition) is 4. The minimum atomic E-state index is -5.32. The van der Waals surface area contributed by atoms with Crippen molar-refractivity contribution in [2.75, 3.05) is 6.61 Å². The Morgan fingerprint density at radius 3 is 1.75 bits per heavy atom. The normalized spacial score (nSPS) is 13.9. The Labute approximate surface area is 209 Å². The van der Waals surface area contributed by atoms with Crippen LogP contribution >= 0.6 is 0 Å². The van der Waals surface area contributed by atoms with Crippen molar-refractivity contribution < 1.29 is 61.7 Å². The highest BCUT2D eigenvalue weighted by Gasteiger charge is 2.46. The Hall–Kier alpha value is -2.58. The highest BCUT2D eigenvalue weighted by Crippen LogP contribution is 2.21. The van der Waals surface area contributed by atoms with Crippen molar-refractivity contribution in [2.45, 2.75) is 101 Å². The minimum Gasteiger partial charge on any atom is -0.481 e. The van der Waals surface area contributed by atoms with E-state index in [4.69, 9.17) is 19.5 Å². The lowest BCUT2D eigenvalue weighted by molar-refractivity contribution is -0.182. The molecule has 0 heterocycles. The molecule has 2 atom stereocenters. The summed E-state index contributed by atoms with van der Waals surface area (Å²) >= 11 is 0. The second-order valence-corrected chi connectivity index (χ2v) is 10.1. The molecule has 0 radical (unpaired) electrons. The number of aliphatic hydroxyl groups is 1. The van der Waals surface area contributed by atoms with Crippen LogP contribution in [-0.4, -0.2) is 75.6 Å². The number of ether oxygens (including phenoxy) is 2. The summed E-state index contributed by atoms with van der Waals surface area (Å²) in [5.74, 6) is -8.84. The van der Waals surface area contributed by atoms with Gasteiger partial charge in [0.2, 0.25) is 0 Å². The molecule has 0 saturated carbocycles. The molecule has 0 spiro atoms. The number of esters is 3. The van der Waals surface area contributed by atoms with E-state index in [2.05, 4.69) is 11.7 Å². The average molecular weight is 541 g/mol. The summed E-state index contributed by atoms with van der Waals surface area (Å²) in [6.07, 6.45) is 6.24. The van der Waals surface area contributed by atoms with E-state index in [-0.39, 0.29) is 6.61 Å². The third kappa shape index (κ3) is 14.7. The smallest absolute Gasteiger partial charge is 0.347 e. The molecule has 0 rings (SSSR count). The fourth-order valence-corrected chi connectivity index (χ4v) is 3.89. The first-order valence-electron chi connectivity index (χ1n) is 11.8. The molecule has 13 nitrogen and oxygen atoms in total. The van der Waals surface area contributed by atoms with Gasteiger partial charge in [-0.3, -0.25) is 23.7 Å². The summed E-state index contributed by atoms with van der Waals surface area (Å²) < 4.78 is 40.5. The molecule has 36 heavy (non-hydrogen) atoms. The lowest BCUT2D eigenvalue weighted by Crippen LogP contribution is -2.47. The highest BCUT2D eigenvalue weighted by molar-refractivity contribution is 7.87. The van der Waals surface area contributed by atoms with Gasteiger partial charge in [0.15, 0.2) is 10.9 Å². The van der Waals surface area contributed by atoms with Gasteiger partial charge in [0.05, 0.1) is 25.9 Å². The van der Waals surface area contributed by atoms with Crippen LogP contribution in [0.4, 0.5) is 0 Å². The third-order valence-corrected chi connectivity index (χ3v) is 6.28. The standard InChI is InChI=1S/C22H36O13S/c1-2-3-4-5-6-7-8-9-10-11-12-34-19(27)15-22(30,14-18(25)26)21(29)35-20(28)16(13-17(23)24)36(31,32)33/h16,30H,2-15H2,1H3,(H,23,24)(H,25,26)(H,31,32,33). The Kier molecular flexibility index (Phi) is 15.8. The van der Waals surface area contributed by atoms with E-state index in [1.54, 1.807) is 0 Å². The molecule has 4 N–H and O–H groups in total. The first-order chi connectivity index (χ1) is 16.7. The lowest BCUT2D eigenvalue weighted by atomic mass is 9.95. The molecule has 0 aliphatic rings. The van der Waals surface area contributed by atoms with Crippen LogP contribution in [0.2, 0.25) is 0 Å². The molecule has 0 bridgehead atoms. The Balaban J connectivity index is 4.75. The van der Waals surface area contributed by atoms with Crippen molar-refractivity contribution in [1.29, 1.82) is 0 Å². The van der Waals surface area contributed by atoms with Gasteiger partial charge in [-0.05, 0) is 6.42 Å². The Morgan fingerprint density at radius 1 is 0.806 bits per heavy atom. The van der Waals surface area contributed by atoms with Gasteiger partial charge >= 0.3 is 29.8 Å². The van der Waals surface area contributed by atoms with Gasteiger partial charge in [0.25, 0.3) is 10.1 Å². The van der Waals surface area contributed by atoms with Crippen molar-refractivity contribution in [1.82, 2.24) is 0 Å². The highest BCUT2D eigenvalue weighted by atomic mass is 32.2. The van der Waals surface area contributed by atoms with Gasteiger partial charge in [-0.15, -0.1) is 0 Å². The monoisotopic (exact) mass is 540 g/mol. The molecule has 0 aromatic carbocycles. The van der Waals surface area contributed by atoms with E-state index in [1.165, 1.54) is 25.7 Å². The summed E-state index contributed by atoms with van der Waals surface area (Å²) in [5, 5.41) is 25.3. The molecular weight excluding hydrogens is 504 g/mol. The van der Waals surface area contributed by atoms with Crippen molar-refractivity contribution in [3.05, 3.63) is 0 Å². The summed E-state index contributed by atoms with van der Waals surface area (Å²) in [4.78, 5) is 58.0. The lowest BCUT2D eigenvalue weighted by Gasteiger charge is -2.23. The fourth-order valence-electron chi connectivity index (χ4n) is 3.24. The van der Waals surface area contributed by atoms with Crippen LogP contribution in [0.15, 0.2) is 0 Å². The van der Waals surface area contributed by atoms with E-state index in [1.807, 2.05) is 0 Å². The number of unbranched alkanes of at least 4 members (excludes halogenated alkanes) is 9. The van der Waals surface area contributed by atoms with Crippen LogP contribution in [0.3, 0.4) is 0 Å². The minimum absolute atomic E-state index is 0.0596. The van der Waals surface area contributed by atoms with E-state index in [0.29, 0.717) is 6.42 Å². The van der Waals surface area contributed by atoms with Crippen LogP contribution in [0.5, 0.6) is 0 Å². The first kappa shape index (κ1) is 33.4. The van der Waals surface area contributed by atoms with E-state index in [0.717, 1.165) is 32.1 Å². The van der Waals surface area contributed by atoms with E-state index >= 15 is 0 Å². The molecular formula is C22H36O13S. The maximum absolute atomic E-state index is 12.2. The SMILES string of the molecule is CCCCCCCCCCCCOC(=O)CC(O)(CC(=O)O)C(=O)OC(=O)C(CC(=O)O)S(=O)(=O)O. The molecule has 0 aromatic rings. The van der Waals surface area contributed by atoms with Gasteiger partial charge in [-0.2, -0.15) is 8.42 Å². The topological polar surface area (TPSA) is 219 Å². The quantitative estimate of drug-likeness (QED) is 0.0750. The van der Waals surface area contributed by atoms with Gasteiger partial charge in [-0.1, -0.05) is 64.7 Å². The van der Waals surface area contributed by atoms with Crippen LogP contribution in [0.25, 0.3) is 0 Å². The van der Waals surface area contributed by atoms with Crippen molar-refractivity contribution >= 4 is 40.0 Å². The zero-order valence-corrected chi connectivity index (χ0v) is 21.2. The van der Waals surface area contributed by atoms with Gasteiger partial charge < -0.3 is 24.8 Å². The van der Waals surface area contributed by atoms with Gasteiger partial charge in [-0.25, -0.2) is 4.79 Å². The third-order valence-electron chi connectivity index (χ3n) is 5.20. The van der Waals surface area contributed by atoms with Crippen molar-refractivity contribution in [2.24, 2.45) is 0 Å². The van der Waals surface area contributed by atoms with Crippen molar-refractivity contribution in [3.63, 3.8) is 0 Å². The summed E-state index contributed by atoms with van der Waals surface area (Å²) in [7, 11) is -5.32. The number of hydrogen-bond acceptors (Lipinski definition) is 10. The molecule has 14 heteroatoms. The summed E-state index contributed by atoms with van der Waals surface area (Å²) in [6.45, 7) is 2.09. The van der Waals surface area contributed by atoms with Gasteiger partial charge in [0, 0.05) is 0 Å². The maximum Gasteiger partial charge on any atom is 0.347 e. The zero-order valence-electron chi connectivity index (χ0n) is 20.3. The first-order valence-corrected chi connectivity index (χ1v) is 13.3. The van der Waals surface area contributed by atoms with Crippen LogP contribution < -0.4 is 0 Å². The second kappa shape index (κ2) is 17.0. The van der Waals surface area contributed by atoms with Crippen LogP contribution in [0.1, 0.15) is 90.4 Å².